The fourth-order valence-electron chi connectivity index (χ4n) is 2.73. The summed E-state index contributed by atoms with van der Waals surface area (Å²) >= 11 is 1.71. The molecule has 0 radical (unpaired) electrons. The number of carbonyl (C=O) groups excluding carboxylic acids is 1. The lowest BCUT2D eigenvalue weighted by Gasteiger charge is -2.38. The summed E-state index contributed by atoms with van der Waals surface area (Å²) in [5.74, 6) is 0.889. The number of hydrogen-bond acceptors (Lipinski definition) is 4. The largest absolute Gasteiger partial charge is 0.342 e. The molecule has 0 unspecified atom stereocenters. The van der Waals surface area contributed by atoms with Gasteiger partial charge in [0.05, 0.1) is 11.2 Å². The fourth-order valence-corrected chi connectivity index (χ4v) is 3.46. The van der Waals surface area contributed by atoms with Gasteiger partial charge < -0.3 is 10.2 Å². The van der Waals surface area contributed by atoms with Crippen LogP contribution in [0.25, 0.3) is 0 Å². The van der Waals surface area contributed by atoms with Gasteiger partial charge in [-0.1, -0.05) is 20.8 Å². The van der Waals surface area contributed by atoms with Crippen LogP contribution in [0.15, 0.2) is 5.51 Å². The lowest BCUT2D eigenvalue weighted by molar-refractivity contribution is -0.136. The molecule has 1 aliphatic heterocycles. The molecule has 0 bridgehead atoms. The summed E-state index contributed by atoms with van der Waals surface area (Å²) in [4.78, 5) is 19.7. The van der Waals surface area contributed by atoms with Gasteiger partial charge >= 0.3 is 0 Å². The van der Waals surface area contributed by atoms with Crippen LogP contribution in [-0.4, -0.2) is 34.9 Å². The first kappa shape index (κ1) is 15.4. The number of nitrogens with one attached hydrogen (secondary N) is 1. The number of nitrogens with zero attached hydrogens (tertiary/aromatic N) is 2. The Balaban J connectivity index is 1.84. The molecule has 1 fully saturated rings. The predicted molar refractivity (Wildman–Crippen MR) is 82.7 cm³/mol. The van der Waals surface area contributed by atoms with Crippen LogP contribution in [0.1, 0.15) is 37.8 Å². The summed E-state index contributed by atoms with van der Waals surface area (Å²) in [6.07, 6.45) is 1.04. The van der Waals surface area contributed by atoms with Crippen LogP contribution in [0.2, 0.25) is 0 Å². The third-order valence-electron chi connectivity index (χ3n) is 4.08. The van der Waals surface area contributed by atoms with Gasteiger partial charge in [0, 0.05) is 36.5 Å². The molecule has 1 amide bonds. The van der Waals surface area contributed by atoms with E-state index in [9.17, 15) is 4.79 Å². The number of carbonyl (C=O) groups is 1. The number of likely N-dealkylation sites (tertiary alicyclic amines) is 1. The quantitative estimate of drug-likeness (QED) is 0.928. The molecule has 20 heavy (non-hydrogen) atoms. The van der Waals surface area contributed by atoms with Gasteiger partial charge in [0.1, 0.15) is 0 Å². The molecular weight excluding hydrogens is 270 g/mol. The maximum Gasteiger partial charge on any atom is 0.225 e. The molecule has 4 nitrogen and oxygen atoms in total. The normalized spacial score (nSPS) is 23.4. The molecule has 0 aliphatic carbocycles. The minimum atomic E-state index is 0.103. The van der Waals surface area contributed by atoms with Gasteiger partial charge in [-0.3, -0.25) is 4.79 Å². The first-order valence-corrected chi connectivity index (χ1v) is 8.28. The zero-order valence-corrected chi connectivity index (χ0v) is 13.7. The second kappa shape index (κ2) is 6.68. The van der Waals surface area contributed by atoms with E-state index < -0.39 is 0 Å². The van der Waals surface area contributed by atoms with Crippen molar-refractivity contribution in [2.45, 2.75) is 46.7 Å². The Hall–Kier alpha value is -0.940. The molecule has 0 spiro atoms. The molecule has 1 aromatic rings. The van der Waals surface area contributed by atoms with Gasteiger partial charge in [-0.2, -0.15) is 0 Å². The number of hydrogen-bond donors (Lipinski definition) is 1. The highest BCUT2D eigenvalue weighted by atomic mass is 32.1. The van der Waals surface area contributed by atoms with E-state index in [-0.39, 0.29) is 11.8 Å². The van der Waals surface area contributed by atoms with Crippen LogP contribution in [-0.2, 0) is 11.3 Å². The third kappa shape index (κ3) is 3.58. The fraction of sp³-hybridized carbons (Fsp3) is 0.733. The number of piperidine rings is 1. The second-order valence-corrected chi connectivity index (χ2v) is 6.99. The zero-order chi connectivity index (χ0) is 14.7. The number of aromatic nitrogens is 1. The van der Waals surface area contributed by atoms with Crippen molar-refractivity contribution in [3.8, 4) is 0 Å². The minimum Gasteiger partial charge on any atom is -0.342 e. The second-order valence-electron chi connectivity index (χ2n) is 6.05. The number of thiazole rings is 1. The predicted octanol–water partition coefficient (Wildman–Crippen LogP) is 2.43. The maximum absolute atomic E-state index is 12.0. The molecule has 1 saturated heterocycles. The van der Waals surface area contributed by atoms with Crippen molar-refractivity contribution in [2.24, 2.45) is 11.8 Å². The lowest BCUT2D eigenvalue weighted by Crippen LogP contribution is -2.50. The van der Waals surface area contributed by atoms with Crippen molar-refractivity contribution < 1.29 is 4.79 Å². The average Bonchev–Trinajstić information content (AvgIpc) is 2.82. The molecule has 0 aromatic carbocycles. The summed E-state index contributed by atoms with van der Waals surface area (Å²) in [6.45, 7) is 10.9. The van der Waals surface area contributed by atoms with E-state index in [0.717, 1.165) is 31.7 Å². The van der Waals surface area contributed by atoms with Crippen LogP contribution >= 0.6 is 11.3 Å². The topological polar surface area (TPSA) is 45.2 Å². The van der Waals surface area contributed by atoms with Crippen molar-refractivity contribution in [3.63, 3.8) is 0 Å². The van der Waals surface area contributed by atoms with Crippen molar-refractivity contribution in [2.75, 3.05) is 13.1 Å². The van der Waals surface area contributed by atoms with E-state index in [2.05, 4.69) is 24.1 Å². The van der Waals surface area contributed by atoms with E-state index in [1.807, 2.05) is 24.3 Å². The smallest absolute Gasteiger partial charge is 0.225 e. The van der Waals surface area contributed by atoms with E-state index in [1.165, 1.54) is 4.88 Å². The van der Waals surface area contributed by atoms with Crippen molar-refractivity contribution >= 4 is 17.2 Å². The number of amides is 1. The average molecular weight is 295 g/mol. The van der Waals surface area contributed by atoms with E-state index >= 15 is 0 Å². The van der Waals surface area contributed by atoms with Gasteiger partial charge in [0.2, 0.25) is 5.91 Å². The van der Waals surface area contributed by atoms with Gasteiger partial charge in [-0.25, -0.2) is 4.98 Å². The standard InChI is InChI=1S/C15H25N3OS/c1-10(2)15(19)18-6-5-13(11(3)8-18)16-7-14-12(4)17-9-20-14/h9-11,13,16H,5-8H2,1-4H3/t11-,13-/m1/s1. The summed E-state index contributed by atoms with van der Waals surface area (Å²) < 4.78 is 0. The number of rotatable bonds is 4. The first-order valence-electron chi connectivity index (χ1n) is 7.40. The SMILES string of the molecule is Cc1ncsc1CN[C@@H]1CCN(C(=O)C(C)C)C[C@H]1C. The lowest BCUT2D eigenvalue weighted by atomic mass is 9.93. The van der Waals surface area contributed by atoms with Crippen molar-refractivity contribution in [1.29, 1.82) is 0 Å². The Morgan fingerprint density at radius 2 is 2.35 bits per heavy atom. The molecule has 1 aliphatic rings. The Kier molecular flexibility index (Phi) is 5.16. The highest BCUT2D eigenvalue weighted by Gasteiger charge is 2.29. The van der Waals surface area contributed by atoms with E-state index in [4.69, 9.17) is 0 Å². The summed E-state index contributed by atoms with van der Waals surface area (Å²) in [5, 5.41) is 3.64. The monoisotopic (exact) mass is 295 g/mol. The van der Waals surface area contributed by atoms with Crippen LogP contribution in [0.3, 0.4) is 0 Å². The van der Waals surface area contributed by atoms with Crippen molar-refractivity contribution in [3.05, 3.63) is 16.1 Å². The van der Waals surface area contributed by atoms with Gasteiger partial charge in [-0.15, -0.1) is 11.3 Å². The molecule has 2 rings (SSSR count). The van der Waals surface area contributed by atoms with Gasteiger partial charge in [0.15, 0.2) is 0 Å². The molecule has 2 atom stereocenters. The van der Waals surface area contributed by atoms with Crippen molar-refractivity contribution in [1.82, 2.24) is 15.2 Å². The zero-order valence-electron chi connectivity index (χ0n) is 12.8. The molecular formula is C15H25N3OS. The Bertz CT molecular complexity index is 458. The van der Waals surface area contributed by atoms with Crippen LogP contribution in [0.5, 0.6) is 0 Å². The Morgan fingerprint density at radius 1 is 1.60 bits per heavy atom. The third-order valence-corrected chi connectivity index (χ3v) is 5.02. The first-order chi connectivity index (χ1) is 9.49. The highest BCUT2D eigenvalue weighted by molar-refractivity contribution is 7.09. The van der Waals surface area contributed by atoms with E-state index in [1.54, 1.807) is 11.3 Å². The highest BCUT2D eigenvalue weighted by Crippen LogP contribution is 2.20. The molecule has 112 valence electrons. The minimum absolute atomic E-state index is 0.103. The molecule has 1 aromatic heterocycles. The Labute approximate surface area is 125 Å². The Morgan fingerprint density at radius 3 is 2.90 bits per heavy atom. The molecule has 1 N–H and O–H groups in total. The van der Waals surface area contributed by atoms with Crippen LogP contribution in [0.4, 0.5) is 0 Å². The molecule has 5 heteroatoms. The molecule has 0 saturated carbocycles. The number of aryl methyl sites for hydroxylation is 1. The maximum atomic E-state index is 12.0. The van der Waals surface area contributed by atoms with E-state index in [0.29, 0.717) is 12.0 Å². The van der Waals surface area contributed by atoms with Gasteiger partial charge in [0.25, 0.3) is 0 Å². The van der Waals surface area contributed by atoms with Gasteiger partial charge in [-0.05, 0) is 19.3 Å². The summed E-state index contributed by atoms with van der Waals surface area (Å²) in [6, 6.07) is 0.493. The summed E-state index contributed by atoms with van der Waals surface area (Å²) in [7, 11) is 0. The van der Waals surface area contributed by atoms with Crippen LogP contribution < -0.4 is 5.32 Å². The molecule has 2 heterocycles. The van der Waals surface area contributed by atoms with Crippen LogP contribution in [0, 0.1) is 18.8 Å². The summed E-state index contributed by atoms with van der Waals surface area (Å²) in [5.41, 5.74) is 3.03.